The molecule has 3 N–H and O–H groups in total. The molecule has 3 unspecified atom stereocenters. The molecule has 3 nitrogen and oxygen atoms in total. The van der Waals surface area contributed by atoms with E-state index in [0.29, 0.717) is 5.84 Å². The maximum Gasteiger partial charge on any atom is 0.108 e. The molecule has 0 aromatic rings. The Labute approximate surface area is 80.8 Å². The normalized spacial score (nSPS) is 32.8. The maximum absolute atomic E-state index is 7.39. The van der Waals surface area contributed by atoms with Crippen LogP contribution in [-0.2, 0) is 0 Å². The Morgan fingerprint density at radius 3 is 2.54 bits per heavy atom. The third-order valence-electron chi connectivity index (χ3n) is 3.36. The van der Waals surface area contributed by atoms with E-state index in [0.717, 1.165) is 24.9 Å². The van der Waals surface area contributed by atoms with Crippen molar-refractivity contribution in [3.8, 4) is 0 Å². The fraction of sp³-hybridized carbons (Fsp3) is 0.900. The number of amidine groups is 1. The van der Waals surface area contributed by atoms with Crippen LogP contribution in [0.2, 0.25) is 0 Å². The third-order valence-corrected chi connectivity index (χ3v) is 3.36. The van der Waals surface area contributed by atoms with Crippen molar-refractivity contribution < 1.29 is 0 Å². The minimum absolute atomic E-state index is 0.120. The lowest BCUT2D eigenvalue weighted by molar-refractivity contribution is 0.126. The summed E-state index contributed by atoms with van der Waals surface area (Å²) in [7, 11) is 0. The Bertz CT molecular complexity index is 191. The second-order valence-electron chi connectivity index (χ2n) is 4.37. The van der Waals surface area contributed by atoms with Crippen LogP contribution in [0.1, 0.15) is 27.2 Å². The summed E-state index contributed by atoms with van der Waals surface area (Å²) >= 11 is 0. The molecule has 0 aliphatic carbocycles. The molecule has 0 radical (unpaired) electrons. The monoisotopic (exact) mass is 183 g/mol. The number of nitrogens with two attached hydrogens (primary N) is 1. The minimum Gasteiger partial charge on any atom is -0.386 e. The van der Waals surface area contributed by atoms with Crippen LogP contribution in [0.15, 0.2) is 0 Å². The first kappa shape index (κ1) is 10.5. The number of nitrogens with one attached hydrogen (secondary N) is 1. The van der Waals surface area contributed by atoms with Crippen LogP contribution in [0.5, 0.6) is 0 Å². The quantitative estimate of drug-likeness (QED) is 0.500. The van der Waals surface area contributed by atoms with E-state index >= 15 is 0 Å². The van der Waals surface area contributed by atoms with Crippen LogP contribution in [0.3, 0.4) is 0 Å². The lowest BCUT2D eigenvalue weighted by atomic mass is 9.88. The Kier molecular flexibility index (Phi) is 3.31. The highest BCUT2D eigenvalue weighted by Crippen LogP contribution is 2.23. The first-order valence-corrected chi connectivity index (χ1v) is 5.10. The standard InChI is InChI=1S/C10H21N3/c1-7-4-5-13(6-8(7)2)9(3)10(11)12/h7-9H,4-6H2,1-3H3,(H3,11,12). The van der Waals surface area contributed by atoms with Crippen molar-refractivity contribution in [2.24, 2.45) is 17.6 Å². The Hall–Kier alpha value is -0.570. The van der Waals surface area contributed by atoms with Gasteiger partial charge in [-0.05, 0) is 31.7 Å². The second-order valence-corrected chi connectivity index (χ2v) is 4.37. The van der Waals surface area contributed by atoms with Crippen LogP contribution in [0.4, 0.5) is 0 Å². The molecule has 0 bridgehead atoms. The first-order chi connectivity index (χ1) is 6.02. The molecule has 1 fully saturated rings. The van der Waals surface area contributed by atoms with E-state index in [9.17, 15) is 0 Å². The molecule has 1 heterocycles. The van der Waals surface area contributed by atoms with Gasteiger partial charge >= 0.3 is 0 Å². The van der Waals surface area contributed by atoms with Gasteiger partial charge in [0.05, 0.1) is 6.04 Å². The average Bonchev–Trinajstić information content (AvgIpc) is 2.08. The van der Waals surface area contributed by atoms with Gasteiger partial charge in [-0.3, -0.25) is 10.3 Å². The van der Waals surface area contributed by atoms with Gasteiger partial charge in [0, 0.05) is 6.54 Å². The molecule has 0 saturated carbocycles. The van der Waals surface area contributed by atoms with E-state index in [1.807, 2.05) is 6.92 Å². The summed E-state index contributed by atoms with van der Waals surface area (Å²) < 4.78 is 0. The van der Waals surface area contributed by atoms with Gasteiger partial charge in [-0.15, -0.1) is 0 Å². The highest BCUT2D eigenvalue weighted by molar-refractivity contribution is 5.82. The van der Waals surface area contributed by atoms with E-state index in [4.69, 9.17) is 11.1 Å². The van der Waals surface area contributed by atoms with Crippen LogP contribution in [0, 0.1) is 17.2 Å². The van der Waals surface area contributed by atoms with Crippen LogP contribution in [0.25, 0.3) is 0 Å². The fourth-order valence-corrected chi connectivity index (χ4v) is 1.84. The highest BCUT2D eigenvalue weighted by atomic mass is 15.2. The number of piperidine rings is 1. The van der Waals surface area contributed by atoms with Crippen molar-refractivity contribution in [2.45, 2.75) is 33.2 Å². The molecule has 0 aromatic carbocycles. The SMILES string of the molecule is CC1CCN(C(C)C(=N)N)CC1C. The summed E-state index contributed by atoms with van der Waals surface area (Å²) in [6, 6.07) is 0.120. The summed E-state index contributed by atoms with van der Waals surface area (Å²) in [5.74, 6) is 1.84. The Morgan fingerprint density at radius 1 is 1.46 bits per heavy atom. The lowest BCUT2D eigenvalue weighted by Crippen LogP contribution is -2.48. The number of hydrogen-bond acceptors (Lipinski definition) is 2. The largest absolute Gasteiger partial charge is 0.386 e. The smallest absolute Gasteiger partial charge is 0.108 e. The van der Waals surface area contributed by atoms with E-state index in [-0.39, 0.29) is 6.04 Å². The van der Waals surface area contributed by atoms with Crippen molar-refractivity contribution in [1.29, 1.82) is 5.41 Å². The number of likely N-dealkylation sites (tertiary alicyclic amines) is 1. The zero-order valence-corrected chi connectivity index (χ0v) is 8.88. The molecular formula is C10H21N3. The number of nitrogens with zero attached hydrogens (tertiary/aromatic N) is 1. The van der Waals surface area contributed by atoms with Gasteiger partial charge in [0.15, 0.2) is 0 Å². The van der Waals surface area contributed by atoms with E-state index < -0.39 is 0 Å². The van der Waals surface area contributed by atoms with Gasteiger partial charge in [0.25, 0.3) is 0 Å². The van der Waals surface area contributed by atoms with Crippen LogP contribution in [-0.4, -0.2) is 29.9 Å². The van der Waals surface area contributed by atoms with Crippen molar-refractivity contribution in [2.75, 3.05) is 13.1 Å². The van der Waals surface area contributed by atoms with Gasteiger partial charge in [-0.25, -0.2) is 0 Å². The van der Waals surface area contributed by atoms with E-state index in [2.05, 4.69) is 18.7 Å². The molecule has 1 saturated heterocycles. The maximum atomic E-state index is 7.39. The molecule has 0 aromatic heterocycles. The zero-order valence-electron chi connectivity index (χ0n) is 8.88. The average molecular weight is 183 g/mol. The molecule has 3 heteroatoms. The highest BCUT2D eigenvalue weighted by Gasteiger charge is 2.26. The van der Waals surface area contributed by atoms with Gasteiger partial charge in [-0.1, -0.05) is 13.8 Å². The molecule has 76 valence electrons. The van der Waals surface area contributed by atoms with Crippen molar-refractivity contribution in [1.82, 2.24) is 4.90 Å². The van der Waals surface area contributed by atoms with E-state index in [1.165, 1.54) is 6.42 Å². The van der Waals surface area contributed by atoms with Gasteiger partial charge in [0.1, 0.15) is 5.84 Å². The van der Waals surface area contributed by atoms with Gasteiger partial charge in [-0.2, -0.15) is 0 Å². The Balaban J connectivity index is 2.50. The molecule has 0 spiro atoms. The second kappa shape index (κ2) is 4.09. The van der Waals surface area contributed by atoms with Crippen LogP contribution < -0.4 is 5.73 Å². The Morgan fingerprint density at radius 2 is 2.08 bits per heavy atom. The summed E-state index contributed by atoms with van der Waals surface area (Å²) in [4.78, 5) is 2.31. The summed E-state index contributed by atoms with van der Waals surface area (Å²) in [5, 5.41) is 7.39. The summed E-state index contributed by atoms with van der Waals surface area (Å²) in [6.07, 6.45) is 1.23. The van der Waals surface area contributed by atoms with Crippen molar-refractivity contribution in [3.05, 3.63) is 0 Å². The molecule has 1 rings (SSSR count). The first-order valence-electron chi connectivity index (χ1n) is 5.10. The summed E-state index contributed by atoms with van der Waals surface area (Å²) in [6.45, 7) is 8.78. The van der Waals surface area contributed by atoms with Gasteiger partial charge < -0.3 is 5.73 Å². The lowest BCUT2D eigenvalue weighted by Gasteiger charge is -2.38. The topological polar surface area (TPSA) is 53.1 Å². The molecule has 13 heavy (non-hydrogen) atoms. The number of hydrogen-bond donors (Lipinski definition) is 2. The van der Waals surface area contributed by atoms with Crippen molar-refractivity contribution >= 4 is 5.84 Å². The van der Waals surface area contributed by atoms with Gasteiger partial charge in [0.2, 0.25) is 0 Å². The molecule has 0 amide bonds. The fourth-order valence-electron chi connectivity index (χ4n) is 1.84. The van der Waals surface area contributed by atoms with Crippen LogP contribution >= 0.6 is 0 Å². The third kappa shape index (κ3) is 2.44. The van der Waals surface area contributed by atoms with E-state index in [1.54, 1.807) is 0 Å². The summed E-state index contributed by atoms with van der Waals surface area (Å²) in [5.41, 5.74) is 5.49. The molecule has 3 atom stereocenters. The predicted octanol–water partition coefficient (Wildman–Crippen LogP) is 1.29. The van der Waals surface area contributed by atoms with Crippen molar-refractivity contribution in [3.63, 3.8) is 0 Å². The zero-order chi connectivity index (χ0) is 10.0. The molecular weight excluding hydrogens is 162 g/mol. The minimum atomic E-state index is 0.120. The molecule has 1 aliphatic heterocycles. The number of rotatable bonds is 2. The predicted molar refractivity (Wildman–Crippen MR) is 55.9 cm³/mol. The molecule has 1 aliphatic rings.